The van der Waals surface area contributed by atoms with Crippen molar-refractivity contribution in [2.45, 2.75) is 65.6 Å². The van der Waals surface area contributed by atoms with Gasteiger partial charge in [0, 0.05) is 5.46 Å². The molecule has 20 heavy (non-hydrogen) atoms. The highest BCUT2D eigenvalue weighted by Gasteiger charge is 2.57. The Morgan fingerprint density at radius 2 is 1.90 bits per heavy atom. The van der Waals surface area contributed by atoms with Gasteiger partial charge in [-0.15, -0.1) is 0 Å². The summed E-state index contributed by atoms with van der Waals surface area (Å²) < 4.78 is 17.8. The smallest absolute Gasteiger partial charge is 0.399 e. The van der Waals surface area contributed by atoms with Crippen LogP contribution in [0.3, 0.4) is 0 Å². The molecule has 1 saturated carbocycles. The van der Waals surface area contributed by atoms with E-state index in [1.54, 1.807) is 0 Å². The Balaban J connectivity index is 1.84. The van der Waals surface area contributed by atoms with Crippen LogP contribution >= 0.6 is 0 Å². The van der Waals surface area contributed by atoms with E-state index in [0.717, 1.165) is 35.2 Å². The average Bonchev–Trinajstić information content (AvgIpc) is 2.80. The van der Waals surface area contributed by atoms with E-state index in [2.05, 4.69) is 32.9 Å². The fourth-order valence-corrected chi connectivity index (χ4v) is 3.22. The first-order valence-corrected chi connectivity index (χ1v) is 7.52. The Kier molecular flexibility index (Phi) is 3.07. The largest absolute Gasteiger partial charge is 0.500 e. The number of hydrogen-bond donors (Lipinski definition) is 0. The van der Waals surface area contributed by atoms with Crippen LogP contribution in [0.5, 0.6) is 0 Å². The molecule has 0 radical (unpaired) electrons. The lowest BCUT2D eigenvalue weighted by atomic mass is 9.77. The van der Waals surface area contributed by atoms with Crippen molar-refractivity contribution in [3.05, 3.63) is 11.5 Å². The Labute approximate surface area is 121 Å². The minimum absolute atomic E-state index is 0.261. The number of rotatable bonds is 3. The van der Waals surface area contributed by atoms with Crippen molar-refractivity contribution in [2.24, 2.45) is 11.8 Å². The second-order valence-electron chi connectivity index (χ2n) is 7.22. The van der Waals surface area contributed by atoms with Gasteiger partial charge in [0.25, 0.3) is 0 Å². The Hall–Kier alpha value is -0.805. The van der Waals surface area contributed by atoms with Crippen LogP contribution in [0.2, 0.25) is 0 Å². The van der Waals surface area contributed by atoms with Gasteiger partial charge in [0.1, 0.15) is 5.76 Å². The summed E-state index contributed by atoms with van der Waals surface area (Å²) >= 11 is 0. The molecule has 2 aliphatic rings. The maximum atomic E-state index is 6.35. The average molecular weight is 277 g/mol. The van der Waals surface area contributed by atoms with Gasteiger partial charge in [-0.05, 0) is 59.3 Å². The van der Waals surface area contributed by atoms with Gasteiger partial charge in [0.15, 0.2) is 0 Å². The number of hydrogen-bond acceptors (Lipinski definition) is 4. The molecule has 0 spiro atoms. The van der Waals surface area contributed by atoms with Crippen molar-refractivity contribution in [1.82, 2.24) is 5.16 Å². The fraction of sp³-hybridized carbons (Fsp3) is 0.800. The van der Waals surface area contributed by atoms with E-state index < -0.39 is 0 Å². The van der Waals surface area contributed by atoms with Crippen molar-refractivity contribution in [3.63, 3.8) is 0 Å². The summed E-state index contributed by atoms with van der Waals surface area (Å²) in [5.74, 6) is 2.38. The first-order chi connectivity index (χ1) is 9.23. The standard InChI is InChI=1S/C15H24BNO3/c1-9-7-12(9)8-15(6)14(4,5)19-16(20-15)13-10(2)17-18-11(13)3/h9,12H,7-8H2,1-6H3. The molecule has 5 heteroatoms. The van der Waals surface area contributed by atoms with Gasteiger partial charge in [-0.1, -0.05) is 12.1 Å². The monoisotopic (exact) mass is 277 g/mol. The maximum absolute atomic E-state index is 6.35. The Morgan fingerprint density at radius 3 is 2.40 bits per heavy atom. The van der Waals surface area contributed by atoms with Gasteiger partial charge >= 0.3 is 7.12 Å². The zero-order chi connectivity index (χ0) is 14.7. The van der Waals surface area contributed by atoms with E-state index in [4.69, 9.17) is 13.8 Å². The lowest BCUT2D eigenvalue weighted by Crippen LogP contribution is -2.45. The maximum Gasteiger partial charge on any atom is 0.500 e. The topological polar surface area (TPSA) is 44.5 Å². The minimum atomic E-state index is -0.365. The SMILES string of the molecule is Cc1noc(C)c1B1OC(C)(C)C(C)(CC2CC2C)O1. The highest BCUT2D eigenvalue weighted by Crippen LogP contribution is 2.50. The van der Waals surface area contributed by atoms with Gasteiger partial charge < -0.3 is 13.8 Å². The van der Waals surface area contributed by atoms with E-state index >= 15 is 0 Å². The molecule has 1 aliphatic heterocycles. The summed E-state index contributed by atoms with van der Waals surface area (Å²) in [7, 11) is -0.365. The van der Waals surface area contributed by atoms with Gasteiger partial charge in [0.05, 0.1) is 16.9 Å². The van der Waals surface area contributed by atoms with E-state index in [1.807, 2.05) is 13.8 Å². The summed E-state index contributed by atoms with van der Waals surface area (Å²) in [5.41, 5.74) is 1.23. The second kappa shape index (κ2) is 4.34. The lowest BCUT2D eigenvalue weighted by Gasteiger charge is -2.36. The van der Waals surface area contributed by atoms with Crippen molar-refractivity contribution in [2.75, 3.05) is 0 Å². The molecule has 0 N–H and O–H groups in total. The molecule has 3 atom stereocenters. The van der Waals surface area contributed by atoms with E-state index in [9.17, 15) is 0 Å². The molecular weight excluding hydrogens is 253 g/mol. The van der Waals surface area contributed by atoms with Gasteiger partial charge in [-0.3, -0.25) is 0 Å². The van der Waals surface area contributed by atoms with E-state index in [-0.39, 0.29) is 18.3 Å². The molecule has 2 heterocycles. The Morgan fingerprint density at radius 1 is 1.25 bits per heavy atom. The quantitative estimate of drug-likeness (QED) is 0.797. The molecule has 1 saturated heterocycles. The minimum Gasteiger partial charge on any atom is -0.399 e. The Bertz CT molecular complexity index is 508. The molecule has 3 rings (SSSR count). The van der Waals surface area contributed by atoms with Crippen molar-refractivity contribution < 1.29 is 13.8 Å². The van der Waals surface area contributed by atoms with E-state index in [1.165, 1.54) is 6.42 Å². The van der Waals surface area contributed by atoms with Crippen LogP contribution in [-0.2, 0) is 9.31 Å². The van der Waals surface area contributed by atoms with Crippen LogP contribution in [0, 0.1) is 25.7 Å². The third-order valence-electron chi connectivity index (χ3n) is 5.29. The van der Waals surface area contributed by atoms with Crippen LogP contribution < -0.4 is 5.46 Å². The second-order valence-corrected chi connectivity index (χ2v) is 7.22. The molecular formula is C15H24BNO3. The zero-order valence-corrected chi connectivity index (χ0v) is 13.3. The summed E-state index contributed by atoms with van der Waals surface area (Å²) in [5, 5.41) is 4.01. The molecule has 2 fully saturated rings. The summed E-state index contributed by atoms with van der Waals surface area (Å²) in [4.78, 5) is 0. The fourth-order valence-electron chi connectivity index (χ4n) is 3.22. The predicted molar refractivity (Wildman–Crippen MR) is 77.9 cm³/mol. The van der Waals surface area contributed by atoms with E-state index in [0.29, 0.717) is 0 Å². The lowest BCUT2D eigenvalue weighted by molar-refractivity contribution is -0.0203. The molecule has 4 nitrogen and oxygen atoms in total. The molecule has 1 aromatic rings. The first-order valence-electron chi connectivity index (χ1n) is 7.52. The van der Waals surface area contributed by atoms with Crippen LogP contribution in [0.25, 0.3) is 0 Å². The van der Waals surface area contributed by atoms with Gasteiger partial charge in [-0.2, -0.15) is 0 Å². The molecule has 3 unspecified atom stereocenters. The number of aryl methyl sites for hydroxylation is 2. The van der Waals surface area contributed by atoms with Gasteiger partial charge in [-0.25, -0.2) is 0 Å². The molecule has 1 aliphatic carbocycles. The zero-order valence-electron chi connectivity index (χ0n) is 13.3. The summed E-state index contributed by atoms with van der Waals surface area (Å²) in [6.07, 6.45) is 2.37. The predicted octanol–water partition coefficient (Wildman–Crippen LogP) is 2.62. The summed E-state index contributed by atoms with van der Waals surface area (Å²) in [6, 6.07) is 0. The van der Waals surface area contributed by atoms with Crippen LogP contribution in [0.1, 0.15) is 52.0 Å². The molecule has 0 aromatic carbocycles. The normalized spacial score (nSPS) is 35.6. The summed E-state index contributed by atoms with van der Waals surface area (Å²) in [6.45, 7) is 12.6. The van der Waals surface area contributed by atoms with Crippen molar-refractivity contribution >= 4 is 12.6 Å². The third kappa shape index (κ3) is 2.11. The molecule has 1 aromatic heterocycles. The molecule has 110 valence electrons. The molecule has 0 bridgehead atoms. The molecule has 0 amide bonds. The highest BCUT2D eigenvalue weighted by molar-refractivity contribution is 6.63. The first kappa shape index (κ1) is 14.1. The van der Waals surface area contributed by atoms with Crippen LogP contribution in [-0.4, -0.2) is 23.5 Å². The van der Waals surface area contributed by atoms with Crippen LogP contribution in [0.4, 0.5) is 0 Å². The van der Waals surface area contributed by atoms with Crippen molar-refractivity contribution in [3.8, 4) is 0 Å². The highest BCUT2D eigenvalue weighted by atomic mass is 16.7. The number of nitrogens with zero attached hydrogens (tertiary/aromatic N) is 1. The third-order valence-corrected chi connectivity index (χ3v) is 5.29. The van der Waals surface area contributed by atoms with Crippen LogP contribution in [0.15, 0.2) is 4.52 Å². The van der Waals surface area contributed by atoms with Gasteiger partial charge in [0.2, 0.25) is 0 Å². The van der Waals surface area contributed by atoms with Crippen molar-refractivity contribution in [1.29, 1.82) is 0 Å². The number of aromatic nitrogens is 1.